The Morgan fingerprint density at radius 1 is 1.22 bits per heavy atom. The zero-order valence-corrected chi connectivity index (χ0v) is 17.2. The normalized spacial score (nSPS) is 14.0. The molecular formula is C17H21Cl2N5O2S. The molecule has 0 radical (unpaired) electrons. The van der Waals surface area contributed by atoms with Gasteiger partial charge in [0.15, 0.2) is 5.58 Å². The largest absolute Gasteiger partial charge is 0.423 e. The highest BCUT2D eigenvalue weighted by atomic mass is 35.5. The summed E-state index contributed by atoms with van der Waals surface area (Å²) >= 11 is 1.42. The minimum Gasteiger partial charge on any atom is -0.423 e. The van der Waals surface area contributed by atoms with Crippen molar-refractivity contribution in [1.29, 1.82) is 0 Å². The number of aryl methyl sites for hydroxylation is 1. The van der Waals surface area contributed by atoms with E-state index < -0.39 is 0 Å². The van der Waals surface area contributed by atoms with Crippen molar-refractivity contribution in [3.63, 3.8) is 0 Å². The SMILES string of the molecule is Cc1ccc2oc(N3CCN(C(=O)c4csc(CN)n4)CC3)nc2c1.Cl.Cl. The third kappa shape index (κ3) is 4.35. The maximum absolute atomic E-state index is 12.5. The maximum atomic E-state index is 12.5. The van der Waals surface area contributed by atoms with Gasteiger partial charge in [0.25, 0.3) is 11.9 Å². The second-order valence-electron chi connectivity index (χ2n) is 6.08. The Kier molecular flexibility index (Phi) is 7.05. The topological polar surface area (TPSA) is 88.5 Å². The third-order valence-electron chi connectivity index (χ3n) is 4.31. The number of piperazine rings is 1. The summed E-state index contributed by atoms with van der Waals surface area (Å²) in [5, 5.41) is 2.56. The molecular weight excluding hydrogens is 409 g/mol. The molecule has 0 saturated carbocycles. The lowest BCUT2D eigenvalue weighted by molar-refractivity contribution is 0.0740. The van der Waals surface area contributed by atoms with Gasteiger partial charge < -0.3 is 20.0 Å². The number of fused-ring (bicyclic) bond motifs is 1. The van der Waals surface area contributed by atoms with E-state index in [-0.39, 0.29) is 30.7 Å². The van der Waals surface area contributed by atoms with E-state index in [0.29, 0.717) is 44.4 Å². The van der Waals surface area contributed by atoms with E-state index >= 15 is 0 Å². The summed E-state index contributed by atoms with van der Waals surface area (Å²) in [5.74, 6) is -0.0382. The lowest BCUT2D eigenvalue weighted by Crippen LogP contribution is -2.49. The molecule has 10 heteroatoms. The Morgan fingerprint density at radius 3 is 2.63 bits per heavy atom. The Balaban J connectivity index is 0.00000131. The van der Waals surface area contributed by atoms with E-state index in [2.05, 4.69) is 14.9 Å². The van der Waals surface area contributed by atoms with Crippen molar-refractivity contribution in [3.8, 4) is 0 Å². The van der Waals surface area contributed by atoms with Gasteiger partial charge >= 0.3 is 0 Å². The Hall–Kier alpha value is -1.87. The highest BCUT2D eigenvalue weighted by Crippen LogP contribution is 2.24. The van der Waals surface area contributed by atoms with Gasteiger partial charge in [-0.3, -0.25) is 4.79 Å². The molecule has 146 valence electrons. The fourth-order valence-electron chi connectivity index (χ4n) is 2.93. The first kappa shape index (κ1) is 21.4. The summed E-state index contributed by atoms with van der Waals surface area (Å²) in [7, 11) is 0. The molecule has 2 N–H and O–H groups in total. The molecule has 4 rings (SSSR count). The van der Waals surface area contributed by atoms with Gasteiger partial charge in [-0.1, -0.05) is 6.07 Å². The van der Waals surface area contributed by atoms with E-state index in [1.54, 1.807) is 5.38 Å². The van der Waals surface area contributed by atoms with E-state index in [1.807, 2.05) is 30.0 Å². The van der Waals surface area contributed by atoms with Crippen LogP contribution in [0.15, 0.2) is 28.0 Å². The monoisotopic (exact) mass is 429 g/mol. The molecule has 0 unspecified atom stereocenters. The van der Waals surface area contributed by atoms with E-state index in [4.69, 9.17) is 10.2 Å². The smallest absolute Gasteiger partial charge is 0.298 e. The number of aromatic nitrogens is 2. The Morgan fingerprint density at radius 2 is 1.96 bits per heavy atom. The van der Waals surface area contributed by atoms with Crippen molar-refractivity contribution in [3.05, 3.63) is 39.8 Å². The molecule has 7 nitrogen and oxygen atoms in total. The summed E-state index contributed by atoms with van der Waals surface area (Å²) in [6.07, 6.45) is 0. The van der Waals surface area contributed by atoms with Crippen LogP contribution >= 0.6 is 36.2 Å². The molecule has 0 spiro atoms. The van der Waals surface area contributed by atoms with E-state index in [0.717, 1.165) is 21.7 Å². The summed E-state index contributed by atoms with van der Waals surface area (Å²) in [6.45, 7) is 5.00. The number of hydrogen-bond acceptors (Lipinski definition) is 7. The van der Waals surface area contributed by atoms with Crippen LogP contribution in [0, 0.1) is 6.92 Å². The van der Waals surface area contributed by atoms with Crippen molar-refractivity contribution >= 4 is 59.2 Å². The van der Waals surface area contributed by atoms with Gasteiger partial charge in [0.1, 0.15) is 16.2 Å². The number of halogens is 2. The number of nitrogens with zero attached hydrogens (tertiary/aromatic N) is 4. The van der Waals surface area contributed by atoms with Crippen LogP contribution in [-0.4, -0.2) is 47.0 Å². The zero-order valence-electron chi connectivity index (χ0n) is 14.8. The highest BCUT2D eigenvalue weighted by Gasteiger charge is 2.26. The first-order valence-electron chi connectivity index (χ1n) is 8.20. The molecule has 2 aromatic heterocycles. The average molecular weight is 430 g/mol. The molecule has 1 fully saturated rings. The van der Waals surface area contributed by atoms with Crippen LogP contribution in [0.4, 0.5) is 6.01 Å². The number of nitrogens with two attached hydrogens (primary N) is 1. The predicted octanol–water partition coefficient (Wildman–Crippen LogP) is 2.86. The molecule has 1 saturated heterocycles. The summed E-state index contributed by atoms with van der Waals surface area (Å²) < 4.78 is 5.85. The standard InChI is InChI=1S/C17H19N5O2S.2ClH/c1-11-2-3-14-12(8-11)20-17(24-14)22-6-4-21(5-7-22)16(23)13-10-25-15(9-18)19-13;;/h2-3,8,10H,4-7,9,18H2,1H3;2*1H. The quantitative estimate of drug-likeness (QED) is 0.688. The number of hydrogen-bond donors (Lipinski definition) is 1. The summed E-state index contributed by atoms with van der Waals surface area (Å²) in [5.41, 5.74) is 8.86. The molecule has 1 aliphatic rings. The van der Waals surface area contributed by atoms with Crippen LogP contribution in [0.2, 0.25) is 0 Å². The predicted molar refractivity (Wildman–Crippen MR) is 111 cm³/mol. The number of rotatable bonds is 3. The van der Waals surface area contributed by atoms with Crippen molar-refractivity contribution < 1.29 is 9.21 Å². The number of benzene rings is 1. The molecule has 3 aromatic rings. The van der Waals surface area contributed by atoms with Crippen molar-refractivity contribution in [2.45, 2.75) is 13.5 Å². The van der Waals surface area contributed by atoms with Gasteiger partial charge in [-0.25, -0.2) is 4.98 Å². The third-order valence-corrected chi connectivity index (χ3v) is 5.19. The minimum absolute atomic E-state index is 0. The zero-order chi connectivity index (χ0) is 17.4. The Labute approximate surface area is 173 Å². The van der Waals surface area contributed by atoms with Gasteiger partial charge in [-0.2, -0.15) is 4.98 Å². The van der Waals surface area contributed by atoms with Crippen LogP contribution in [0.25, 0.3) is 11.1 Å². The summed E-state index contributed by atoms with van der Waals surface area (Å²) in [6, 6.07) is 6.58. The minimum atomic E-state index is -0.0382. The number of amides is 1. The van der Waals surface area contributed by atoms with Gasteiger partial charge in [0, 0.05) is 38.1 Å². The fraction of sp³-hybridized carbons (Fsp3) is 0.353. The molecule has 1 aromatic carbocycles. The first-order valence-corrected chi connectivity index (χ1v) is 9.08. The van der Waals surface area contributed by atoms with Crippen LogP contribution in [0.1, 0.15) is 21.1 Å². The highest BCUT2D eigenvalue weighted by molar-refractivity contribution is 7.09. The average Bonchev–Trinajstić information content (AvgIpc) is 3.27. The van der Waals surface area contributed by atoms with Gasteiger partial charge in [0.2, 0.25) is 0 Å². The van der Waals surface area contributed by atoms with Gasteiger partial charge in [-0.05, 0) is 24.6 Å². The maximum Gasteiger partial charge on any atom is 0.298 e. The van der Waals surface area contributed by atoms with Crippen molar-refractivity contribution in [1.82, 2.24) is 14.9 Å². The van der Waals surface area contributed by atoms with E-state index in [1.165, 1.54) is 11.3 Å². The molecule has 27 heavy (non-hydrogen) atoms. The molecule has 0 aliphatic carbocycles. The van der Waals surface area contributed by atoms with Crippen LogP contribution in [0.5, 0.6) is 0 Å². The lowest BCUT2D eigenvalue weighted by Gasteiger charge is -2.33. The van der Waals surface area contributed by atoms with Crippen LogP contribution in [0.3, 0.4) is 0 Å². The molecule has 1 aliphatic heterocycles. The van der Waals surface area contributed by atoms with Crippen molar-refractivity contribution in [2.75, 3.05) is 31.1 Å². The number of oxazole rings is 1. The molecule has 1 amide bonds. The molecule has 3 heterocycles. The first-order chi connectivity index (χ1) is 12.1. The number of carbonyl (C=O) groups excluding carboxylic acids is 1. The van der Waals surface area contributed by atoms with Gasteiger partial charge in [-0.15, -0.1) is 36.2 Å². The van der Waals surface area contributed by atoms with Gasteiger partial charge in [0.05, 0.1) is 0 Å². The second kappa shape index (κ2) is 8.88. The molecule has 0 atom stereocenters. The number of anilines is 1. The second-order valence-corrected chi connectivity index (χ2v) is 7.02. The van der Waals surface area contributed by atoms with Crippen molar-refractivity contribution in [2.24, 2.45) is 5.73 Å². The molecule has 0 bridgehead atoms. The van der Waals surface area contributed by atoms with Crippen LogP contribution in [-0.2, 0) is 6.54 Å². The lowest BCUT2D eigenvalue weighted by atomic mass is 10.2. The summed E-state index contributed by atoms with van der Waals surface area (Å²) in [4.78, 5) is 25.3. The number of thiazole rings is 1. The fourth-order valence-corrected chi connectivity index (χ4v) is 3.57. The van der Waals surface area contributed by atoms with Crippen LogP contribution < -0.4 is 10.6 Å². The number of carbonyl (C=O) groups is 1. The van der Waals surface area contributed by atoms with E-state index in [9.17, 15) is 4.79 Å². The Bertz CT molecular complexity index is 921.